The highest BCUT2D eigenvalue weighted by atomic mass is 32.2. The van der Waals surface area contributed by atoms with Gasteiger partial charge in [0, 0.05) is 11.1 Å². The Morgan fingerprint density at radius 2 is 1.29 bits per heavy atom. The molecule has 0 heterocycles. The standard InChI is InChI=1S/C24H21N3O5S2/c1-33(29,30)26-23-11-5-4-10-21(23)24(28)25-18-13-15-19(16-14-18)34(31,32)27-22-12-6-8-17-7-2-3-9-20(17)22/h2-16,26-27H,1H3,(H,25,28). The third-order valence-corrected chi connectivity index (χ3v) is 6.90. The van der Waals surface area contributed by atoms with Gasteiger partial charge in [0.05, 0.1) is 28.1 Å². The maximum absolute atomic E-state index is 12.9. The van der Waals surface area contributed by atoms with Crippen molar-refractivity contribution in [2.75, 3.05) is 21.0 Å². The van der Waals surface area contributed by atoms with E-state index in [1.165, 1.54) is 36.4 Å². The molecule has 1 amide bonds. The van der Waals surface area contributed by atoms with E-state index in [1.54, 1.807) is 24.3 Å². The monoisotopic (exact) mass is 495 g/mol. The lowest BCUT2D eigenvalue weighted by Gasteiger charge is -2.12. The van der Waals surface area contributed by atoms with Gasteiger partial charge in [0.1, 0.15) is 0 Å². The van der Waals surface area contributed by atoms with Crippen LogP contribution in [0, 0.1) is 0 Å². The van der Waals surface area contributed by atoms with Crippen molar-refractivity contribution in [1.82, 2.24) is 0 Å². The van der Waals surface area contributed by atoms with Crippen molar-refractivity contribution in [2.45, 2.75) is 4.90 Å². The lowest BCUT2D eigenvalue weighted by Crippen LogP contribution is -2.17. The number of fused-ring (bicyclic) bond motifs is 1. The Kier molecular flexibility index (Phi) is 6.27. The predicted octanol–water partition coefficient (Wildman–Crippen LogP) is 4.26. The van der Waals surface area contributed by atoms with Crippen LogP contribution in [0.1, 0.15) is 10.4 Å². The zero-order valence-corrected chi connectivity index (χ0v) is 19.7. The molecule has 0 unspecified atom stereocenters. The van der Waals surface area contributed by atoms with Crippen LogP contribution in [0.5, 0.6) is 0 Å². The summed E-state index contributed by atoms with van der Waals surface area (Å²) in [6.07, 6.45) is 0.993. The van der Waals surface area contributed by atoms with Crippen LogP contribution in [0.3, 0.4) is 0 Å². The van der Waals surface area contributed by atoms with Crippen LogP contribution in [-0.2, 0) is 20.0 Å². The van der Waals surface area contributed by atoms with Gasteiger partial charge in [-0.1, -0.05) is 48.5 Å². The molecule has 0 aliphatic carbocycles. The number of anilines is 3. The summed E-state index contributed by atoms with van der Waals surface area (Å²) in [5.41, 5.74) is 1.08. The molecule has 0 atom stereocenters. The number of carbonyl (C=O) groups excluding carboxylic acids is 1. The molecule has 4 aromatic rings. The average Bonchev–Trinajstić information content (AvgIpc) is 2.79. The largest absolute Gasteiger partial charge is 0.322 e. The second kappa shape index (κ2) is 9.16. The van der Waals surface area contributed by atoms with Crippen molar-refractivity contribution < 1.29 is 21.6 Å². The molecule has 0 aromatic heterocycles. The Bertz CT molecular complexity index is 1580. The Morgan fingerprint density at radius 3 is 2.03 bits per heavy atom. The van der Waals surface area contributed by atoms with Crippen LogP contribution in [-0.4, -0.2) is 29.0 Å². The fourth-order valence-corrected chi connectivity index (χ4v) is 5.06. The van der Waals surface area contributed by atoms with Crippen LogP contribution in [0.4, 0.5) is 17.1 Å². The highest BCUT2D eigenvalue weighted by molar-refractivity contribution is 7.92. The molecule has 34 heavy (non-hydrogen) atoms. The second-order valence-corrected chi connectivity index (χ2v) is 11.0. The molecule has 0 radical (unpaired) electrons. The summed E-state index contributed by atoms with van der Waals surface area (Å²) in [5, 5.41) is 4.33. The maximum atomic E-state index is 12.9. The first kappa shape index (κ1) is 23.3. The minimum Gasteiger partial charge on any atom is -0.322 e. The molecule has 174 valence electrons. The SMILES string of the molecule is CS(=O)(=O)Nc1ccccc1C(=O)Nc1ccc(S(=O)(=O)Nc2cccc3ccccc23)cc1. The van der Waals surface area contributed by atoms with E-state index in [0.717, 1.165) is 17.0 Å². The first-order chi connectivity index (χ1) is 16.1. The molecule has 4 rings (SSSR count). The van der Waals surface area contributed by atoms with Gasteiger partial charge < -0.3 is 5.32 Å². The van der Waals surface area contributed by atoms with E-state index in [9.17, 15) is 21.6 Å². The Labute approximate surface area is 197 Å². The van der Waals surface area contributed by atoms with Gasteiger partial charge in [0.25, 0.3) is 15.9 Å². The number of hydrogen-bond acceptors (Lipinski definition) is 5. The van der Waals surface area contributed by atoms with E-state index in [4.69, 9.17) is 0 Å². The van der Waals surface area contributed by atoms with E-state index in [2.05, 4.69) is 14.8 Å². The third kappa shape index (κ3) is 5.36. The van der Waals surface area contributed by atoms with Gasteiger partial charge in [-0.3, -0.25) is 14.2 Å². The van der Waals surface area contributed by atoms with Crippen molar-refractivity contribution in [3.05, 3.63) is 96.6 Å². The van der Waals surface area contributed by atoms with Gasteiger partial charge in [-0.05, 0) is 47.9 Å². The molecule has 0 aliphatic heterocycles. The fourth-order valence-electron chi connectivity index (χ4n) is 3.40. The molecular formula is C24H21N3O5S2. The van der Waals surface area contributed by atoms with Gasteiger partial charge in [-0.15, -0.1) is 0 Å². The zero-order chi connectivity index (χ0) is 24.3. The fraction of sp³-hybridized carbons (Fsp3) is 0.0417. The van der Waals surface area contributed by atoms with E-state index in [-0.39, 0.29) is 16.1 Å². The predicted molar refractivity (Wildman–Crippen MR) is 134 cm³/mol. The molecule has 8 nitrogen and oxygen atoms in total. The van der Waals surface area contributed by atoms with Gasteiger partial charge >= 0.3 is 0 Å². The van der Waals surface area contributed by atoms with Crippen LogP contribution in [0.25, 0.3) is 10.8 Å². The van der Waals surface area contributed by atoms with E-state index < -0.39 is 26.0 Å². The maximum Gasteiger partial charge on any atom is 0.261 e. The second-order valence-electron chi connectivity index (χ2n) is 7.53. The van der Waals surface area contributed by atoms with Crippen LogP contribution in [0.2, 0.25) is 0 Å². The van der Waals surface area contributed by atoms with Crippen LogP contribution < -0.4 is 14.8 Å². The number of amides is 1. The molecule has 3 N–H and O–H groups in total. The van der Waals surface area contributed by atoms with Crippen LogP contribution in [0.15, 0.2) is 95.9 Å². The summed E-state index contributed by atoms with van der Waals surface area (Å²) in [6.45, 7) is 0. The molecule has 10 heteroatoms. The molecule has 0 spiro atoms. The smallest absolute Gasteiger partial charge is 0.261 e. The van der Waals surface area contributed by atoms with Gasteiger partial charge in [0.15, 0.2) is 0 Å². The normalized spacial score (nSPS) is 11.7. The summed E-state index contributed by atoms with van der Waals surface area (Å²) in [7, 11) is -7.44. The highest BCUT2D eigenvalue weighted by Gasteiger charge is 2.17. The van der Waals surface area contributed by atoms with Gasteiger partial charge in [-0.25, -0.2) is 16.8 Å². The van der Waals surface area contributed by atoms with Gasteiger partial charge in [-0.2, -0.15) is 0 Å². The number of benzene rings is 4. The summed E-state index contributed by atoms with van der Waals surface area (Å²) in [5.74, 6) is -0.545. The summed E-state index contributed by atoms with van der Waals surface area (Å²) in [6, 6.07) is 24.7. The lowest BCUT2D eigenvalue weighted by molar-refractivity contribution is 0.102. The minimum absolute atomic E-state index is 0.0255. The first-order valence-corrected chi connectivity index (χ1v) is 13.5. The van der Waals surface area contributed by atoms with Crippen molar-refractivity contribution >= 4 is 53.8 Å². The molecule has 0 fully saturated rings. The number of para-hydroxylation sites is 1. The number of sulfonamides is 2. The zero-order valence-electron chi connectivity index (χ0n) is 18.0. The molecule has 0 saturated heterocycles. The van der Waals surface area contributed by atoms with Crippen molar-refractivity contribution in [3.8, 4) is 0 Å². The highest BCUT2D eigenvalue weighted by Crippen LogP contribution is 2.26. The van der Waals surface area contributed by atoms with Crippen molar-refractivity contribution in [1.29, 1.82) is 0 Å². The summed E-state index contributed by atoms with van der Waals surface area (Å²) >= 11 is 0. The van der Waals surface area contributed by atoms with E-state index in [1.807, 2.05) is 30.3 Å². The lowest BCUT2D eigenvalue weighted by atomic mass is 10.1. The quantitative estimate of drug-likeness (QED) is 0.354. The number of hydrogen-bond donors (Lipinski definition) is 3. The number of carbonyl (C=O) groups is 1. The third-order valence-electron chi connectivity index (χ3n) is 4.92. The molecule has 0 aliphatic rings. The Hall–Kier alpha value is -3.89. The minimum atomic E-state index is -3.87. The molecule has 0 saturated carbocycles. The Balaban J connectivity index is 1.53. The average molecular weight is 496 g/mol. The number of rotatable bonds is 7. The Morgan fingerprint density at radius 1 is 0.676 bits per heavy atom. The first-order valence-electron chi connectivity index (χ1n) is 10.1. The van der Waals surface area contributed by atoms with Gasteiger partial charge in [0.2, 0.25) is 10.0 Å². The van der Waals surface area contributed by atoms with Crippen molar-refractivity contribution in [2.24, 2.45) is 0 Å². The molecular weight excluding hydrogens is 474 g/mol. The van der Waals surface area contributed by atoms with Crippen molar-refractivity contribution in [3.63, 3.8) is 0 Å². The van der Waals surface area contributed by atoms with E-state index in [0.29, 0.717) is 11.4 Å². The van der Waals surface area contributed by atoms with Crippen LogP contribution >= 0.6 is 0 Å². The molecule has 0 bridgehead atoms. The number of nitrogens with one attached hydrogen (secondary N) is 3. The molecule has 4 aromatic carbocycles. The van der Waals surface area contributed by atoms with E-state index >= 15 is 0 Å². The topological polar surface area (TPSA) is 121 Å². The summed E-state index contributed by atoms with van der Waals surface area (Å²) in [4.78, 5) is 12.7. The summed E-state index contributed by atoms with van der Waals surface area (Å²) < 4.78 is 53.9.